The second-order valence-electron chi connectivity index (χ2n) is 5.57. The number of thioether (sulfide) groups is 1. The van der Waals surface area contributed by atoms with Crippen LogP contribution in [0.3, 0.4) is 0 Å². The van der Waals surface area contributed by atoms with Crippen LogP contribution in [0.15, 0.2) is 64.6 Å². The van der Waals surface area contributed by atoms with Gasteiger partial charge in [-0.3, -0.25) is 0 Å². The van der Waals surface area contributed by atoms with E-state index in [2.05, 4.69) is 15.1 Å². The lowest BCUT2D eigenvalue weighted by molar-refractivity contribution is 0.0524. The van der Waals surface area contributed by atoms with Gasteiger partial charge >= 0.3 is 5.97 Å². The molecule has 7 nitrogen and oxygen atoms in total. The van der Waals surface area contributed by atoms with Gasteiger partial charge < -0.3 is 9.15 Å². The molecule has 0 bridgehead atoms. The van der Waals surface area contributed by atoms with Gasteiger partial charge in [0.05, 0.1) is 35.9 Å². The summed E-state index contributed by atoms with van der Waals surface area (Å²) in [5, 5.41) is 6.06. The van der Waals surface area contributed by atoms with Gasteiger partial charge in [-0.2, -0.15) is 5.10 Å². The van der Waals surface area contributed by atoms with E-state index in [0.29, 0.717) is 23.7 Å². The number of benzene rings is 1. The van der Waals surface area contributed by atoms with Crippen molar-refractivity contribution >= 4 is 28.8 Å². The number of ether oxygens (including phenoxy) is 1. The van der Waals surface area contributed by atoms with Crippen LogP contribution in [0.4, 0.5) is 0 Å². The van der Waals surface area contributed by atoms with E-state index in [1.54, 1.807) is 23.9 Å². The molecule has 0 saturated carbocycles. The molecule has 0 aliphatic heterocycles. The molecule has 3 heterocycles. The molecular weight excluding hydrogens is 364 g/mol. The lowest BCUT2D eigenvalue weighted by Gasteiger charge is -2.04. The number of hydrogen-bond donors (Lipinski definition) is 0. The third kappa shape index (κ3) is 3.43. The van der Waals surface area contributed by atoms with Crippen LogP contribution in [0.2, 0.25) is 0 Å². The molecule has 4 aromatic rings. The van der Waals surface area contributed by atoms with Gasteiger partial charge in [0, 0.05) is 0 Å². The van der Waals surface area contributed by atoms with Gasteiger partial charge in [-0.1, -0.05) is 30.0 Å². The molecular formula is C19H16N4O3S. The predicted octanol–water partition coefficient (Wildman–Crippen LogP) is 3.88. The average Bonchev–Trinajstić information content (AvgIpc) is 3.34. The fraction of sp³-hybridized carbons (Fsp3) is 0.158. The zero-order valence-corrected chi connectivity index (χ0v) is 15.3. The maximum absolute atomic E-state index is 12.0. The summed E-state index contributed by atoms with van der Waals surface area (Å²) in [7, 11) is 0. The van der Waals surface area contributed by atoms with Gasteiger partial charge in [-0.15, -0.1) is 0 Å². The first-order chi connectivity index (χ1) is 13.3. The van der Waals surface area contributed by atoms with Crippen LogP contribution in [0.1, 0.15) is 23.0 Å². The lowest BCUT2D eigenvalue weighted by Crippen LogP contribution is -2.05. The Bertz CT molecular complexity index is 1070. The second kappa shape index (κ2) is 7.63. The molecule has 0 aliphatic carbocycles. The molecule has 0 amide bonds. The standard InChI is InChI=1S/C19H16N4O3S/c1-2-25-19(24)14-8-9-26-16(14)11-27-18-15-10-22-23(17(15)20-12-21-18)13-6-4-3-5-7-13/h3-10,12H,2,11H2,1H3. The summed E-state index contributed by atoms with van der Waals surface area (Å²) in [5.74, 6) is 0.622. The van der Waals surface area contributed by atoms with Gasteiger partial charge in [-0.05, 0) is 25.1 Å². The van der Waals surface area contributed by atoms with E-state index >= 15 is 0 Å². The number of carbonyl (C=O) groups is 1. The maximum Gasteiger partial charge on any atom is 0.341 e. The highest BCUT2D eigenvalue weighted by atomic mass is 32.2. The number of hydrogen-bond acceptors (Lipinski definition) is 7. The van der Waals surface area contributed by atoms with Crippen LogP contribution in [0, 0.1) is 0 Å². The summed E-state index contributed by atoms with van der Waals surface area (Å²) < 4.78 is 12.3. The molecule has 0 unspecified atom stereocenters. The van der Waals surface area contributed by atoms with E-state index in [-0.39, 0.29) is 5.97 Å². The van der Waals surface area contributed by atoms with Gasteiger partial charge in [0.1, 0.15) is 22.7 Å². The maximum atomic E-state index is 12.0. The van der Waals surface area contributed by atoms with Crippen molar-refractivity contribution in [2.75, 3.05) is 6.61 Å². The lowest BCUT2D eigenvalue weighted by atomic mass is 10.3. The van der Waals surface area contributed by atoms with E-state index < -0.39 is 0 Å². The molecule has 0 aliphatic rings. The fourth-order valence-corrected chi connectivity index (χ4v) is 3.59. The van der Waals surface area contributed by atoms with E-state index in [0.717, 1.165) is 21.7 Å². The quantitative estimate of drug-likeness (QED) is 0.285. The van der Waals surface area contributed by atoms with Crippen LogP contribution in [-0.2, 0) is 10.5 Å². The molecule has 3 aromatic heterocycles. The van der Waals surface area contributed by atoms with Crippen LogP contribution in [-0.4, -0.2) is 32.3 Å². The van der Waals surface area contributed by atoms with E-state index in [4.69, 9.17) is 9.15 Å². The Labute approximate surface area is 159 Å². The molecule has 0 saturated heterocycles. The first kappa shape index (κ1) is 17.3. The highest BCUT2D eigenvalue weighted by molar-refractivity contribution is 7.98. The Morgan fingerprint density at radius 2 is 2.07 bits per heavy atom. The van der Waals surface area contributed by atoms with Crippen molar-refractivity contribution in [3.05, 3.63) is 66.5 Å². The van der Waals surface area contributed by atoms with Crippen LogP contribution in [0.25, 0.3) is 16.7 Å². The molecule has 0 fully saturated rings. The molecule has 0 radical (unpaired) electrons. The molecule has 27 heavy (non-hydrogen) atoms. The zero-order chi connectivity index (χ0) is 18.6. The van der Waals surface area contributed by atoms with Crippen molar-refractivity contribution in [3.8, 4) is 5.69 Å². The van der Waals surface area contributed by atoms with Crippen molar-refractivity contribution in [1.82, 2.24) is 19.7 Å². The average molecular weight is 380 g/mol. The van der Waals surface area contributed by atoms with Gasteiger partial charge in [0.2, 0.25) is 0 Å². The first-order valence-corrected chi connectivity index (χ1v) is 9.37. The molecule has 0 spiro atoms. The van der Waals surface area contributed by atoms with Gasteiger partial charge in [0.25, 0.3) is 0 Å². The smallest absolute Gasteiger partial charge is 0.341 e. The molecule has 8 heteroatoms. The minimum atomic E-state index is -0.383. The number of rotatable bonds is 6. The highest BCUT2D eigenvalue weighted by Crippen LogP contribution is 2.29. The first-order valence-electron chi connectivity index (χ1n) is 8.38. The minimum absolute atomic E-state index is 0.321. The zero-order valence-electron chi connectivity index (χ0n) is 14.5. The van der Waals surface area contributed by atoms with Crippen LogP contribution >= 0.6 is 11.8 Å². The number of para-hydroxylation sites is 1. The van der Waals surface area contributed by atoms with Crippen molar-refractivity contribution in [2.45, 2.75) is 17.7 Å². The van der Waals surface area contributed by atoms with Crippen molar-refractivity contribution in [1.29, 1.82) is 0 Å². The Balaban J connectivity index is 1.60. The van der Waals surface area contributed by atoms with Gasteiger partial charge in [-0.25, -0.2) is 19.4 Å². The number of fused-ring (bicyclic) bond motifs is 1. The van der Waals surface area contributed by atoms with E-state index in [1.807, 2.05) is 30.3 Å². The highest BCUT2D eigenvalue weighted by Gasteiger charge is 2.17. The summed E-state index contributed by atoms with van der Waals surface area (Å²) in [6, 6.07) is 11.4. The van der Waals surface area contributed by atoms with Gasteiger partial charge in [0.15, 0.2) is 5.65 Å². The molecule has 1 aromatic carbocycles. The topological polar surface area (TPSA) is 83.0 Å². The van der Waals surface area contributed by atoms with Crippen LogP contribution < -0.4 is 0 Å². The summed E-state index contributed by atoms with van der Waals surface area (Å²) in [6.07, 6.45) is 4.75. The minimum Gasteiger partial charge on any atom is -0.468 e. The monoisotopic (exact) mass is 380 g/mol. The summed E-state index contributed by atoms with van der Waals surface area (Å²) in [4.78, 5) is 20.7. The second-order valence-corrected chi connectivity index (χ2v) is 6.54. The third-order valence-corrected chi connectivity index (χ3v) is 4.92. The number of nitrogens with zero attached hydrogens (tertiary/aromatic N) is 4. The molecule has 0 N–H and O–H groups in total. The Morgan fingerprint density at radius 1 is 1.22 bits per heavy atom. The van der Waals surface area contributed by atoms with Crippen molar-refractivity contribution < 1.29 is 13.9 Å². The van der Waals surface area contributed by atoms with Crippen molar-refractivity contribution in [3.63, 3.8) is 0 Å². The summed E-state index contributed by atoms with van der Waals surface area (Å²) >= 11 is 1.46. The fourth-order valence-electron chi connectivity index (χ4n) is 2.67. The SMILES string of the molecule is CCOC(=O)c1ccoc1CSc1ncnc2c1cnn2-c1ccccc1. The summed E-state index contributed by atoms with van der Waals surface area (Å²) in [6.45, 7) is 2.09. The predicted molar refractivity (Wildman–Crippen MR) is 101 cm³/mol. The third-order valence-electron chi connectivity index (χ3n) is 3.91. The number of furan rings is 1. The van der Waals surface area contributed by atoms with Crippen molar-refractivity contribution in [2.24, 2.45) is 0 Å². The summed E-state index contributed by atoms with van der Waals surface area (Å²) in [5.41, 5.74) is 2.09. The van der Waals surface area contributed by atoms with E-state index in [9.17, 15) is 4.79 Å². The largest absolute Gasteiger partial charge is 0.468 e. The normalized spacial score (nSPS) is 11.0. The molecule has 0 atom stereocenters. The van der Waals surface area contributed by atoms with E-state index in [1.165, 1.54) is 24.4 Å². The molecule has 4 rings (SSSR count). The number of carbonyl (C=O) groups excluding carboxylic acids is 1. The Hall–Kier alpha value is -3.13. The number of aromatic nitrogens is 4. The molecule has 136 valence electrons. The Kier molecular flexibility index (Phi) is 4.88. The van der Waals surface area contributed by atoms with Crippen LogP contribution in [0.5, 0.6) is 0 Å². The number of esters is 1. The Morgan fingerprint density at radius 3 is 2.89 bits per heavy atom.